The molecule has 6 fully saturated rings. The molecular formula is C28H46O2. The standard InChI is InChI=1S/C28H46O2/c1-2-3-10-28(12-9-21-6-4-5-7-23(13-21)19-28)30-20-26(29)27-11-8-22-14-24(17-27)16-25(15-22)18-27/h21-25H,2-20H2,1H3/t21-,22?,23-,24?,25?,27?,28+/m0/s1. The zero-order valence-electron chi connectivity index (χ0n) is 19.6. The van der Waals surface area contributed by atoms with Crippen LogP contribution in [0.2, 0.25) is 0 Å². The fourth-order valence-corrected chi connectivity index (χ4v) is 8.93. The second-order valence-electron chi connectivity index (χ2n) is 12.5. The summed E-state index contributed by atoms with van der Waals surface area (Å²) in [6.45, 7) is 2.73. The highest BCUT2D eigenvalue weighted by Crippen LogP contribution is 2.57. The molecule has 0 aliphatic heterocycles. The zero-order chi connectivity index (χ0) is 20.6. The molecule has 6 saturated carbocycles. The summed E-state index contributed by atoms with van der Waals surface area (Å²) >= 11 is 0. The van der Waals surface area contributed by atoms with Crippen LogP contribution in [0.1, 0.15) is 122 Å². The van der Waals surface area contributed by atoms with Gasteiger partial charge in [-0.25, -0.2) is 0 Å². The zero-order valence-corrected chi connectivity index (χ0v) is 19.6. The van der Waals surface area contributed by atoms with Gasteiger partial charge in [0.15, 0.2) is 5.78 Å². The molecule has 2 nitrogen and oxygen atoms in total. The van der Waals surface area contributed by atoms with E-state index in [0.29, 0.717) is 12.4 Å². The summed E-state index contributed by atoms with van der Waals surface area (Å²) in [5.74, 6) is 4.86. The lowest BCUT2D eigenvalue weighted by molar-refractivity contribution is -0.148. The van der Waals surface area contributed by atoms with Gasteiger partial charge in [-0.15, -0.1) is 0 Å². The number of carbonyl (C=O) groups excluding carboxylic acids is 1. The maximum Gasteiger partial charge on any atom is 0.164 e. The van der Waals surface area contributed by atoms with Crippen LogP contribution in [0.5, 0.6) is 0 Å². The summed E-state index contributed by atoms with van der Waals surface area (Å²) in [6.07, 6.45) is 23.7. The molecule has 6 aliphatic carbocycles. The third kappa shape index (κ3) is 4.41. The third-order valence-corrected chi connectivity index (χ3v) is 10.3. The predicted octanol–water partition coefficient (Wildman–Crippen LogP) is 7.49. The van der Waals surface area contributed by atoms with Crippen LogP contribution in [-0.2, 0) is 9.53 Å². The van der Waals surface area contributed by atoms with E-state index in [1.54, 1.807) is 0 Å². The number of ketones is 1. The molecule has 6 aliphatic rings. The molecule has 0 aromatic rings. The number of hydrogen-bond donors (Lipinski definition) is 0. The van der Waals surface area contributed by atoms with Crippen LogP contribution in [0, 0.1) is 35.0 Å². The highest BCUT2D eigenvalue weighted by molar-refractivity contribution is 5.86. The van der Waals surface area contributed by atoms with E-state index in [9.17, 15) is 4.79 Å². The Morgan fingerprint density at radius 3 is 2.23 bits per heavy atom. The summed E-state index contributed by atoms with van der Waals surface area (Å²) in [5, 5.41) is 0. The average molecular weight is 415 g/mol. The van der Waals surface area contributed by atoms with Crippen LogP contribution in [0.25, 0.3) is 0 Å². The number of Topliss-reactive ketones (excluding diaryl/α,β-unsaturated/α-hetero) is 1. The molecule has 5 atom stereocenters. The van der Waals surface area contributed by atoms with E-state index in [4.69, 9.17) is 4.74 Å². The Labute approximate surface area is 185 Å². The molecule has 0 radical (unpaired) electrons. The molecule has 30 heavy (non-hydrogen) atoms. The smallest absolute Gasteiger partial charge is 0.164 e. The van der Waals surface area contributed by atoms with Gasteiger partial charge in [-0.3, -0.25) is 4.79 Å². The monoisotopic (exact) mass is 414 g/mol. The molecule has 2 unspecified atom stereocenters. The minimum absolute atomic E-state index is 0.0000196. The molecule has 0 saturated heterocycles. The Hall–Kier alpha value is -0.370. The molecule has 0 aromatic carbocycles. The fraction of sp³-hybridized carbons (Fsp3) is 0.964. The number of rotatable bonds is 7. The van der Waals surface area contributed by atoms with Crippen molar-refractivity contribution in [3.05, 3.63) is 0 Å². The minimum Gasteiger partial charge on any atom is -0.367 e. The number of ether oxygens (including phenoxy) is 1. The molecule has 6 rings (SSSR count). The van der Waals surface area contributed by atoms with Gasteiger partial charge in [-0.2, -0.15) is 0 Å². The van der Waals surface area contributed by atoms with Gasteiger partial charge in [-0.1, -0.05) is 45.4 Å². The first kappa shape index (κ1) is 21.5. The lowest BCUT2D eigenvalue weighted by atomic mass is 9.60. The third-order valence-electron chi connectivity index (χ3n) is 10.3. The second kappa shape index (κ2) is 8.87. The Morgan fingerprint density at radius 2 is 1.47 bits per heavy atom. The van der Waals surface area contributed by atoms with Crippen LogP contribution in [-0.4, -0.2) is 18.0 Å². The highest BCUT2D eigenvalue weighted by Gasteiger charge is 2.51. The fourth-order valence-electron chi connectivity index (χ4n) is 8.93. The van der Waals surface area contributed by atoms with Crippen LogP contribution >= 0.6 is 0 Å². The van der Waals surface area contributed by atoms with E-state index in [1.165, 1.54) is 116 Å². The number of carbonyl (C=O) groups is 1. The van der Waals surface area contributed by atoms with Crippen molar-refractivity contribution in [2.45, 2.75) is 128 Å². The lowest BCUT2D eigenvalue weighted by Gasteiger charge is -2.45. The van der Waals surface area contributed by atoms with Crippen molar-refractivity contribution in [2.24, 2.45) is 35.0 Å². The van der Waals surface area contributed by atoms with Crippen molar-refractivity contribution in [3.8, 4) is 0 Å². The van der Waals surface area contributed by atoms with E-state index in [1.807, 2.05) is 0 Å². The van der Waals surface area contributed by atoms with Crippen molar-refractivity contribution in [3.63, 3.8) is 0 Å². The molecule has 0 heterocycles. The number of hydrogen-bond acceptors (Lipinski definition) is 2. The van der Waals surface area contributed by atoms with E-state index >= 15 is 0 Å². The maximum absolute atomic E-state index is 13.7. The Bertz CT molecular complexity index is 598. The van der Waals surface area contributed by atoms with Gasteiger partial charge in [-0.05, 0) is 107 Å². The summed E-state index contributed by atoms with van der Waals surface area (Å²) in [4.78, 5) is 13.7. The van der Waals surface area contributed by atoms with Gasteiger partial charge >= 0.3 is 0 Å². The second-order valence-corrected chi connectivity index (χ2v) is 12.5. The SMILES string of the molecule is CCCC[C@@]1(OCC(=O)C23CCC4CC(CC(C4)C2)C3)CC[C@@H]2CCCC[C@@H](C2)C1. The molecule has 0 spiro atoms. The summed E-state index contributed by atoms with van der Waals surface area (Å²) in [6, 6.07) is 0. The van der Waals surface area contributed by atoms with Crippen molar-refractivity contribution >= 4 is 5.78 Å². The van der Waals surface area contributed by atoms with E-state index in [0.717, 1.165) is 29.6 Å². The highest BCUT2D eigenvalue weighted by atomic mass is 16.5. The molecule has 0 aromatic heterocycles. The van der Waals surface area contributed by atoms with Gasteiger partial charge in [0, 0.05) is 5.41 Å². The van der Waals surface area contributed by atoms with Gasteiger partial charge in [0.25, 0.3) is 0 Å². The summed E-state index contributed by atoms with van der Waals surface area (Å²) in [7, 11) is 0. The Morgan fingerprint density at radius 1 is 0.800 bits per heavy atom. The molecule has 6 bridgehead atoms. The lowest BCUT2D eigenvalue weighted by Crippen LogP contribution is -2.44. The van der Waals surface area contributed by atoms with Crippen molar-refractivity contribution < 1.29 is 9.53 Å². The molecule has 2 heteroatoms. The van der Waals surface area contributed by atoms with Gasteiger partial charge in [0.2, 0.25) is 0 Å². The number of unbranched alkanes of at least 4 members (excludes halogenated alkanes) is 1. The molecule has 0 amide bonds. The van der Waals surface area contributed by atoms with Crippen LogP contribution in [0.15, 0.2) is 0 Å². The first-order valence-corrected chi connectivity index (χ1v) is 13.8. The van der Waals surface area contributed by atoms with E-state index in [2.05, 4.69) is 6.92 Å². The normalized spacial score (nSPS) is 45.6. The largest absolute Gasteiger partial charge is 0.367 e. The van der Waals surface area contributed by atoms with Crippen LogP contribution < -0.4 is 0 Å². The Balaban J connectivity index is 1.29. The van der Waals surface area contributed by atoms with E-state index < -0.39 is 0 Å². The van der Waals surface area contributed by atoms with E-state index in [-0.39, 0.29) is 11.0 Å². The summed E-state index contributed by atoms with van der Waals surface area (Å²) < 4.78 is 6.84. The van der Waals surface area contributed by atoms with Crippen molar-refractivity contribution in [1.29, 1.82) is 0 Å². The predicted molar refractivity (Wildman–Crippen MR) is 122 cm³/mol. The quantitative estimate of drug-likeness (QED) is 0.431. The molecule has 0 N–H and O–H groups in total. The maximum atomic E-state index is 13.7. The average Bonchev–Trinajstić information content (AvgIpc) is 3.16. The number of fused-ring (bicyclic) bond motifs is 3. The molecular weight excluding hydrogens is 368 g/mol. The van der Waals surface area contributed by atoms with Crippen molar-refractivity contribution in [2.75, 3.05) is 6.61 Å². The summed E-state index contributed by atoms with van der Waals surface area (Å²) in [5.41, 5.74) is -0.0110. The van der Waals surface area contributed by atoms with Crippen LogP contribution in [0.4, 0.5) is 0 Å². The van der Waals surface area contributed by atoms with Gasteiger partial charge < -0.3 is 4.74 Å². The van der Waals surface area contributed by atoms with Crippen molar-refractivity contribution in [1.82, 2.24) is 0 Å². The van der Waals surface area contributed by atoms with Gasteiger partial charge in [0.05, 0.1) is 5.60 Å². The first-order valence-electron chi connectivity index (χ1n) is 13.8. The first-order chi connectivity index (χ1) is 14.6. The molecule has 170 valence electrons. The Kier molecular flexibility index (Phi) is 6.35. The minimum atomic E-state index is -0.0110. The van der Waals surface area contributed by atoms with Crippen LogP contribution in [0.3, 0.4) is 0 Å². The van der Waals surface area contributed by atoms with Gasteiger partial charge in [0.1, 0.15) is 6.61 Å². The topological polar surface area (TPSA) is 26.3 Å².